The average Bonchev–Trinajstić information content (AvgIpc) is 2.57. The highest BCUT2D eigenvalue weighted by molar-refractivity contribution is 7.87. The zero-order valence-electron chi connectivity index (χ0n) is 14.9. The third-order valence-corrected chi connectivity index (χ3v) is 7.37. The van der Waals surface area contributed by atoms with Crippen molar-refractivity contribution in [2.24, 2.45) is 23.2 Å². The van der Waals surface area contributed by atoms with Gasteiger partial charge in [-0.25, -0.2) is 0 Å². The summed E-state index contributed by atoms with van der Waals surface area (Å²) < 4.78 is 59.6. The maximum atomic E-state index is 14.2. The normalized spacial score (nSPS) is 32.5. The van der Waals surface area contributed by atoms with Crippen molar-refractivity contribution < 1.29 is 26.5 Å². The van der Waals surface area contributed by atoms with Crippen molar-refractivity contribution in [3.63, 3.8) is 0 Å². The van der Waals surface area contributed by atoms with E-state index in [1.807, 2.05) is 0 Å². The molecular formula is C19H23F2NO4S. The molecule has 1 N–H and O–H groups in total. The third kappa shape index (κ3) is 3.27. The van der Waals surface area contributed by atoms with E-state index in [1.54, 1.807) is 18.2 Å². The van der Waals surface area contributed by atoms with Crippen molar-refractivity contribution >= 4 is 21.7 Å². The largest absolute Gasteiger partial charge is 0.447 e. The van der Waals surface area contributed by atoms with Crippen molar-refractivity contribution in [1.82, 2.24) is 0 Å². The van der Waals surface area contributed by atoms with E-state index in [0.717, 1.165) is 24.2 Å². The molecule has 8 heteroatoms. The SMILES string of the molecule is O=C(N(CC12CC3CC(CC(C3)C1)C2)c1ccccc1)C(F)(F)S(=O)(=O)O. The van der Waals surface area contributed by atoms with Crippen LogP contribution in [0.25, 0.3) is 0 Å². The van der Waals surface area contributed by atoms with Gasteiger partial charge in [0.1, 0.15) is 0 Å². The number of para-hydroxylation sites is 1. The van der Waals surface area contributed by atoms with Gasteiger partial charge in [0.25, 0.3) is 0 Å². The minimum atomic E-state index is -5.85. The number of carbonyl (C=O) groups is 1. The van der Waals surface area contributed by atoms with Crippen LogP contribution in [0.4, 0.5) is 14.5 Å². The van der Waals surface area contributed by atoms with E-state index < -0.39 is 21.3 Å². The number of benzene rings is 1. The van der Waals surface area contributed by atoms with Gasteiger partial charge < -0.3 is 4.90 Å². The molecule has 1 amide bonds. The molecule has 0 aromatic heterocycles. The first-order chi connectivity index (χ1) is 12.6. The fraction of sp³-hybridized carbons (Fsp3) is 0.632. The summed E-state index contributed by atoms with van der Waals surface area (Å²) in [6.07, 6.45) is 6.15. The van der Waals surface area contributed by atoms with Crippen LogP contribution in [0.1, 0.15) is 38.5 Å². The zero-order valence-corrected chi connectivity index (χ0v) is 15.7. The number of hydrogen-bond donors (Lipinski definition) is 1. The molecule has 4 bridgehead atoms. The van der Waals surface area contributed by atoms with Gasteiger partial charge in [0.15, 0.2) is 0 Å². The van der Waals surface area contributed by atoms with Gasteiger partial charge in [0.05, 0.1) is 0 Å². The molecule has 5 rings (SSSR count). The van der Waals surface area contributed by atoms with Crippen LogP contribution < -0.4 is 4.90 Å². The standard InChI is InChI=1S/C19H23F2NO4S/c20-19(21,27(24,25)26)17(23)22(16-4-2-1-3-5-16)12-18-9-13-6-14(10-18)8-15(7-13)11-18/h1-5,13-15H,6-12H2,(H,24,25,26). The van der Waals surface area contributed by atoms with E-state index in [0.29, 0.717) is 17.8 Å². The van der Waals surface area contributed by atoms with Gasteiger partial charge in [0.2, 0.25) is 0 Å². The first-order valence-corrected chi connectivity index (χ1v) is 10.8. The molecule has 0 radical (unpaired) electrons. The number of anilines is 1. The summed E-state index contributed by atoms with van der Waals surface area (Å²) in [5, 5.41) is -4.87. The second kappa shape index (κ2) is 6.24. The number of rotatable bonds is 5. The summed E-state index contributed by atoms with van der Waals surface area (Å²) in [6, 6.07) is 7.94. The molecule has 1 aromatic rings. The molecule has 4 fully saturated rings. The van der Waals surface area contributed by atoms with E-state index >= 15 is 0 Å². The lowest BCUT2D eigenvalue weighted by Crippen LogP contribution is -2.56. The van der Waals surface area contributed by atoms with Gasteiger partial charge in [-0.3, -0.25) is 9.35 Å². The molecule has 0 aliphatic heterocycles. The second-order valence-corrected chi connectivity index (χ2v) is 10.1. The molecule has 0 unspecified atom stereocenters. The fourth-order valence-corrected chi connectivity index (χ4v) is 6.31. The number of halogens is 2. The predicted octanol–water partition coefficient (Wildman–Crippen LogP) is 3.72. The van der Waals surface area contributed by atoms with Crippen molar-refractivity contribution in [2.75, 3.05) is 11.4 Å². The van der Waals surface area contributed by atoms with Crippen LogP contribution in [0.5, 0.6) is 0 Å². The predicted molar refractivity (Wildman–Crippen MR) is 95.9 cm³/mol. The molecule has 4 aliphatic carbocycles. The highest BCUT2D eigenvalue weighted by atomic mass is 32.2. The highest BCUT2D eigenvalue weighted by Crippen LogP contribution is 2.60. The van der Waals surface area contributed by atoms with Gasteiger partial charge >= 0.3 is 21.3 Å². The topological polar surface area (TPSA) is 74.7 Å². The Balaban J connectivity index is 1.69. The Morgan fingerprint density at radius 1 is 1.07 bits per heavy atom. The van der Waals surface area contributed by atoms with Crippen molar-refractivity contribution in [1.29, 1.82) is 0 Å². The van der Waals surface area contributed by atoms with Crippen LogP contribution in [0, 0.1) is 23.2 Å². The van der Waals surface area contributed by atoms with Gasteiger partial charge in [-0.05, 0) is 73.8 Å². The molecule has 27 heavy (non-hydrogen) atoms. The van der Waals surface area contributed by atoms with Crippen molar-refractivity contribution in [3.8, 4) is 0 Å². The molecule has 0 atom stereocenters. The van der Waals surface area contributed by atoms with E-state index in [9.17, 15) is 22.0 Å². The summed E-state index contributed by atoms with van der Waals surface area (Å²) in [4.78, 5) is 13.4. The number of carbonyl (C=O) groups excluding carboxylic acids is 1. The van der Waals surface area contributed by atoms with Crippen LogP contribution in [-0.2, 0) is 14.9 Å². The van der Waals surface area contributed by atoms with Crippen LogP contribution in [0.15, 0.2) is 30.3 Å². The van der Waals surface area contributed by atoms with E-state index in [4.69, 9.17) is 4.55 Å². The Bertz CT molecular complexity index is 805. The third-order valence-electron chi connectivity index (χ3n) is 6.54. The summed E-state index contributed by atoms with van der Waals surface area (Å²) in [7, 11) is -5.85. The number of alkyl halides is 2. The van der Waals surface area contributed by atoms with Crippen molar-refractivity contribution in [3.05, 3.63) is 30.3 Å². The maximum Gasteiger partial charge on any atom is 0.447 e. The molecule has 1 aromatic carbocycles. The number of hydrogen-bond acceptors (Lipinski definition) is 3. The molecule has 4 saturated carbocycles. The fourth-order valence-electron chi connectivity index (χ4n) is 5.97. The zero-order chi connectivity index (χ0) is 19.4. The van der Waals surface area contributed by atoms with Crippen LogP contribution >= 0.6 is 0 Å². The maximum absolute atomic E-state index is 14.2. The Hall–Kier alpha value is -1.54. The summed E-state index contributed by atoms with van der Waals surface area (Å²) >= 11 is 0. The molecule has 5 nitrogen and oxygen atoms in total. The minimum Gasteiger partial charge on any atom is -0.306 e. The van der Waals surface area contributed by atoms with Crippen LogP contribution in [-0.4, -0.2) is 30.7 Å². The second-order valence-electron chi connectivity index (χ2n) is 8.64. The lowest BCUT2D eigenvalue weighted by atomic mass is 9.49. The van der Waals surface area contributed by atoms with Gasteiger partial charge in [-0.15, -0.1) is 0 Å². The summed E-state index contributed by atoms with van der Waals surface area (Å²) in [6.45, 7) is 0.0600. The first kappa shape index (κ1) is 18.8. The number of amides is 1. The molecule has 148 valence electrons. The Morgan fingerprint density at radius 3 is 2.00 bits per heavy atom. The first-order valence-electron chi connectivity index (χ1n) is 9.31. The Kier molecular flexibility index (Phi) is 4.34. The van der Waals surface area contributed by atoms with Crippen LogP contribution in [0.3, 0.4) is 0 Å². The number of nitrogens with zero attached hydrogens (tertiary/aromatic N) is 1. The minimum absolute atomic E-state index is 0.0600. The quantitative estimate of drug-likeness (QED) is 0.766. The Labute approximate surface area is 157 Å². The molecule has 4 aliphatic rings. The monoisotopic (exact) mass is 399 g/mol. The summed E-state index contributed by atoms with van der Waals surface area (Å²) in [5.74, 6) is -0.199. The van der Waals surface area contributed by atoms with Crippen LogP contribution in [0.2, 0.25) is 0 Å². The molecule has 0 saturated heterocycles. The lowest BCUT2D eigenvalue weighted by molar-refractivity contribution is -0.134. The van der Waals surface area contributed by atoms with Crippen molar-refractivity contribution in [2.45, 2.75) is 43.8 Å². The highest BCUT2D eigenvalue weighted by Gasteiger charge is 2.57. The van der Waals surface area contributed by atoms with E-state index in [-0.39, 0.29) is 17.6 Å². The molecular weight excluding hydrogens is 376 g/mol. The average molecular weight is 399 g/mol. The Morgan fingerprint density at radius 2 is 1.56 bits per heavy atom. The summed E-state index contributed by atoms with van der Waals surface area (Å²) in [5.41, 5.74) is -0.0307. The van der Waals surface area contributed by atoms with E-state index in [1.165, 1.54) is 31.4 Å². The lowest BCUT2D eigenvalue weighted by Gasteiger charge is -2.57. The van der Waals surface area contributed by atoms with Gasteiger partial charge in [-0.1, -0.05) is 18.2 Å². The van der Waals surface area contributed by atoms with Gasteiger partial charge in [0, 0.05) is 12.2 Å². The smallest absolute Gasteiger partial charge is 0.306 e. The van der Waals surface area contributed by atoms with E-state index in [2.05, 4.69) is 0 Å². The molecule has 0 spiro atoms. The molecule has 0 heterocycles. The van der Waals surface area contributed by atoms with Gasteiger partial charge in [-0.2, -0.15) is 17.2 Å².